The summed E-state index contributed by atoms with van der Waals surface area (Å²) in [4.78, 5) is 30.2. The van der Waals surface area contributed by atoms with Crippen LogP contribution >= 0.6 is 11.3 Å². The highest BCUT2D eigenvalue weighted by atomic mass is 32.1. The number of nitrogens with zero attached hydrogens (tertiary/aromatic N) is 2. The Hall–Kier alpha value is -1.99. The molecule has 3 amide bonds. The molecular weight excluding hydrogens is 324 g/mol. The van der Waals surface area contributed by atoms with Gasteiger partial charge in [0.05, 0.1) is 21.3 Å². The molecule has 6 nitrogen and oxygen atoms in total. The van der Waals surface area contributed by atoms with Crippen LogP contribution < -0.4 is 10.6 Å². The molecule has 1 saturated heterocycles. The van der Waals surface area contributed by atoms with Gasteiger partial charge in [0.1, 0.15) is 0 Å². The fraction of sp³-hybridized carbons (Fsp3) is 0.471. The van der Waals surface area contributed by atoms with Crippen molar-refractivity contribution in [3.8, 4) is 0 Å². The van der Waals surface area contributed by atoms with E-state index < -0.39 is 6.03 Å². The van der Waals surface area contributed by atoms with Crippen molar-refractivity contribution in [1.29, 1.82) is 0 Å². The molecular formula is C17H22N4O2S. The molecule has 0 saturated carbocycles. The number of rotatable bonds is 3. The van der Waals surface area contributed by atoms with Crippen LogP contribution in [0.2, 0.25) is 0 Å². The summed E-state index contributed by atoms with van der Waals surface area (Å²) in [5.74, 6) is 0.195. The van der Waals surface area contributed by atoms with Crippen molar-refractivity contribution in [2.24, 2.45) is 0 Å². The number of urea groups is 1. The Bertz CT molecular complexity index is 704. The van der Waals surface area contributed by atoms with Crippen LogP contribution in [-0.4, -0.2) is 48.0 Å². The van der Waals surface area contributed by atoms with Crippen molar-refractivity contribution >= 4 is 33.5 Å². The smallest absolute Gasteiger partial charge is 0.321 e. The quantitative estimate of drug-likeness (QED) is 0.894. The number of hydrogen-bond acceptors (Lipinski definition) is 5. The molecule has 0 spiro atoms. The molecule has 1 atom stereocenters. The van der Waals surface area contributed by atoms with Crippen molar-refractivity contribution in [1.82, 2.24) is 20.5 Å². The molecule has 2 aromatic rings. The zero-order chi connectivity index (χ0) is 17.1. The van der Waals surface area contributed by atoms with Crippen molar-refractivity contribution in [3.05, 3.63) is 29.3 Å². The number of imide groups is 1. The third-order valence-corrected chi connectivity index (χ3v) is 5.78. The van der Waals surface area contributed by atoms with Gasteiger partial charge in [-0.1, -0.05) is 12.1 Å². The first-order chi connectivity index (χ1) is 11.6. The topological polar surface area (TPSA) is 74.3 Å². The number of likely N-dealkylation sites (tertiary alicyclic amines) is 1. The molecule has 1 aromatic heterocycles. The van der Waals surface area contributed by atoms with E-state index in [-0.39, 0.29) is 11.9 Å². The Balaban J connectivity index is 1.59. The molecule has 0 unspecified atom stereocenters. The second-order valence-corrected chi connectivity index (χ2v) is 7.14. The van der Waals surface area contributed by atoms with E-state index in [0.717, 1.165) is 31.4 Å². The molecule has 0 radical (unpaired) electrons. The summed E-state index contributed by atoms with van der Waals surface area (Å²) in [5, 5.41) is 5.94. The van der Waals surface area contributed by atoms with E-state index in [9.17, 15) is 9.59 Å². The summed E-state index contributed by atoms with van der Waals surface area (Å²) >= 11 is 1.77. The Kier molecular flexibility index (Phi) is 5.11. The number of piperidine rings is 1. The first-order valence-corrected chi connectivity index (χ1v) is 9.02. The molecule has 1 aliphatic rings. The van der Waals surface area contributed by atoms with Gasteiger partial charge in [-0.15, -0.1) is 11.3 Å². The third kappa shape index (κ3) is 3.57. The van der Waals surface area contributed by atoms with Gasteiger partial charge >= 0.3 is 6.03 Å². The molecule has 1 aliphatic heterocycles. The number of para-hydroxylation sites is 1. The molecule has 1 fully saturated rings. The maximum atomic E-state index is 12.1. The first-order valence-electron chi connectivity index (χ1n) is 8.20. The van der Waals surface area contributed by atoms with Crippen LogP contribution in [0, 0.1) is 0 Å². The molecule has 1 aromatic carbocycles. The summed E-state index contributed by atoms with van der Waals surface area (Å²) in [6.07, 6.45) is 1.97. The fourth-order valence-corrected chi connectivity index (χ4v) is 4.18. The van der Waals surface area contributed by atoms with Gasteiger partial charge in [0.2, 0.25) is 5.91 Å². The lowest BCUT2D eigenvalue weighted by molar-refractivity contribution is -0.125. The zero-order valence-electron chi connectivity index (χ0n) is 13.9. The lowest BCUT2D eigenvalue weighted by Gasteiger charge is -2.34. The average molecular weight is 346 g/mol. The Labute approximate surface area is 145 Å². The highest BCUT2D eigenvalue weighted by Crippen LogP contribution is 2.34. The van der Waals surface area contributed by atoms with Crippen molar-refractivity contribution < 1.29 is 9.59 Å². The summed E-state index contributed by atoms with van der Waals surface area (Å²) in [5.41, 5.74) is 1.07. The van der Waals surface area contributed by atoms with Crippen LogP contribution in [0.5, 0.6) is 0 Å². The van der Waals surface area contributed by atoms with Crippen molar-refractivity contribution in [3.63, 3.8) is 0 Å². The number of amides is 3. The number of aromatic nitrogens is 1. The van der Waals surface area contributed by atoms with E-state index >= 15 is 0 Å². The summed E-state index contributed by atoms with van der Waals surface area (Å²) in [6.45, 7) is 3.52. The minimum atomic E-state index is -0.462. The Morgan fingerprint density at radius 2 is 2.00 bits per heavy atom. The molecule has 0 bridgehead atoms. The Morgan fingerprint density at radius 1 is 1.29 bits per heavy atom. The van der Waals surface area contributed by atoms with E-state index in [1.807, 2.05) is 19.1 Å². The second kappa shape index (κ2) is 7.27. The van der Waals surface area contributed by atoms with Crippen LogP contribution in [0.25, 0.3) is 10.2 Å². The number of thiazole rings is 1. The average Bonchev–Trinajstić information content (AvgIpc) is 3.05. The lowest BCUT2D eigenvalue weighted by Crippen LogP contribution is -2.50. The predicted octanol–water partition coefficient (Wildman–Crippen LogP) is 2.32. The summed E-state index contributed by atoms with van der Waals surface area (Å²) in [7, 11) is 1.50. The molecule has 24 heavy (non-hydrogen) atoms. The zero-order valence-corrected chi connectivity index (χ0v) is 14.7. The number of nitrogens with one attached hydrogen (secondary N) is 2. The molecule has 2 N–H and O–H groups in total. The van der Waals surface area contributed by atoms with E-state index in [2.05, 4.69) is 27.7 Å². The second-order valence-electron chi connectivity index (χ2n) is 6.07. The van der Waals surface area contributed by atoms with Crippen molar-refractivity contribution in [2.75, 3.05) is 20.1 Å². The van der Waals surface area contributed by atoms with Crippen LogP contribution in [0.1, 0.15) is 30.7 Å². The summed E-state index contributed by atoms with van der Waals surface area (Å²) in [6, 6.07) is 7.45. The van der Waals surface area contributed by atoms with Gasteiger partial charge in [-0.2, -0.15) is 0 Å². The van der Waals surface area contributed by atoms with E-state index in [4.69, 9.17) is 4.98 Å². The SMILES string of the molecule is CNC(=O)NC(=O)[C@H](C)N1CCC(c2nc3ccccc3s2)CC1. The van der Waals surface area contributed by atoms with Gasteiger partial charge in [-0.3, -0.25) is 15.0 Å². The monoisotopic (exact) mass is 346 g/mol. The number of fused-ring (bicyclic) bond motifs is 1. The van der Waals surface area contributed by atoms with Gasteiger partial charge in [0, 0.05) is 13.0 Å². The molecule has 3 rings (SSSR count). The van der Waals surface area contributed by atoms with E-state index in [0.29, 0.717) is 5.92 Å². The standard InChI is InChI=1S/C17H22N4O2S/c1-11(15(22)20-17(23)18-2)21-9-7-12(8-10-21)16-19-13-5-3-4-6-14(13)24-16/h3-6,11-12H,7-10H2,1-2H3,(H2,18,20,22,23)/t11-/m0/s1. The first kappa shape index (κ1) is 16.9. The lowest BCUT2D eigenvalue weighted by atomic mass is 9.96. The molecule has 0 aliphatic carbocycles. The van der Waals surface area contributed by atoms with Crippen LogP contribution in [0.15, 0.2) is 24.3 Å². The number of carbonyl (C=O) groups is 2. The normalized spacial score (nSPS) is 17.6. The number of benzene rings is 1. The Morgan fingerprint density at radius 3 is 2.67 bits per heavy atom. The maximum Gasteiger partial charge on any atom is 0.321 e. The summed E-state index contributed by atoms with van der Waals surface area (Å²) < 4.78 is 1.23. The van der Waals surface area contributed by atoms with Crippen molar-refractivity contribution in [2.45, 2.75) is 31.7 Å². The minimum absolute atomic E-state index is 0.257. The van der Waals surface area contributed by atoms with Gasteiger partial charge in [-0.05, 0) is 45.0 Å². The maximum absolute atomic E-state index is 12.1. The van der Waals surface area contributed by atoms with Gasteiger partial charge in [-0.25, -0.2) is 9.78 Å². The predicted molar refractivity (Wildman–Crippen MR) is 95.2 cm³/mol. The largest absolute Gasteiger partial charge is 0.341 e. The fourth-order valence-electron chi connectivity index (χ4n) is 3.04. The van der Waals surface area contributed by atoms with E-state index in [1.165, 1.54) is 16.8 Å². The molecule has 2 heterocycles. The van der Waals surface area contributed by atoms with E-state index in [1.54, 1.807) is 11.3 Å². The van der Waals surface area contributed by atoms with Gasteiger partial charge in [0.25, 0.3) is 0 Å². The third-order valence-electron chi connectivity index (χ3n) is 4.58. The van der Waals surface area contributed by atoms with Crippen LogP contribution in [0.4, 0.5) is 4.79 Å². The number of hydrogen-bond donors (Lipinski definition) is 2. The van der Waals surface area contributed by atoms with Crippen LogP contribution in [0.3, 0.4) is 0 Å². The highest BCUT2D eigenvalue weighted by Gasteiger charge is 2.29. The number of carbonyl (C=O) groups excluding carboxylic acids is 2. The highest BCUT2D eigenvalue weighted by molar-refractivity contribution is 7.18. The minimum Gasteiger partial charge on any atom is -0.341 e. The van der Waals surface area contributed by atoms with Gasteiger partial charge in [0.15, 0.2) is 0 Å². The molecule has 7 heteroatoms. The molecule has 128 valence electrons. The van der Waals surface area contributed by atoms with Crippen LogP contribution in [-0.2, 0) is 4.79 Å². The van der Waals surface area contributed by atoms with Gasteiger partial charge < -0.3 is 5.32 Å².